The number of amides is 1. The Balaban J connectivity index is 1.38. The van der Waals surface area contributed by atoms with Gasteiger partial charge in [-0.25, -0.2) is 4.98 Å². The maximum absolute atomic E-state index is 11.8. The van der Waals surface area contributed by atoms with Crippen LogP contribution in [-0.4, -0.2) is 22.0 Å². The highest BCUT2D eigenvalue weighted by Gasteiger charge is 2.39. The van der Waals surface area contributed by atoms with Crippen molar-refractivity contribution in [2.24, 2.45) is 11.8 Å². The number of carbonyl (C=O) groups is 1. The van der Waals surface area contributed by atoms with E-state index in [1.54, 1.807) is 11.3 Å². The van der Waals surface area contributed by atoms with Gasteiger partial charge in [-0.3, -0.25) is 15.6 Å². The Morgan fingerprint density at radius 1 is 1.43 bits per heavy atom. The summed E-state index contributed by atoms with van der Waals surface area (Å²) in [7, 11) is 0. The topological polar surface area (TPSA) is 66.0 Å². The lowest BCUT2D eigenvalue weighted by Crippen LogP contribution is -2.51. The minimum atomic E-state index is -0.127. The SMILES string of the molecule is Cc1nc(CC(=O)NNC(=S)N[C@@H]2C[C@@H]3CC[C@@H]2C3)cs1. The van der Waals surface area contributed by atoms with Gasteiger partial charge in [-0.2, -0.15) is 0 Å². The lowest BCUT2D eigenvalue weighted by Gasteiger charge is -2.24. The first-order valence-electron chi connectivity index (χ1n) is 7.36. The fraction of sp³-hybridized carbons (Fsp3) is 0.643. The fourth-order valence-corrected chi connectivity index (χ4v) is 4.27. The Morgan fingerprint density at radius 2 is 2.29 bits per heavy atom. The van der Waals surface area contributed by atoms with Crippen molar-refractivity contribution < 1.29 is 4.79 Å². The second-order valence-electron chi connectivity index (χ2n) is 5.96. The van der Waals surface area contributed by atoms with Crippen LogP contribution in [0.1, 0.15) is 36.4 Å². The average molecular weight is 324 g/mol. The van der Waals surface area contributed by atoms with E-state index in [9.17, 15) is 4.79 Å². The van der Waals surface area contributed by atoms with Crippen molar-refractivity contribution in [2.75, 3.05) is 0 Å². The van der Waals surface area contributed by atoms with Gasteiger partial charge < -0.3 is 5.32 Å². The summed E-state index contributed by atoms with van der Waals surface area (Å²) in [5.74, 6) is 1.50. The summed E-state index contributed by atoms with van der Waals surface area (Å²) < 4.78 is 0. The molecule has 1 heterocycles. The second-order valence-corrected chi connectivity index (χ2v) is 7.43. The van der Waals surface area contributed by atoms with Crippen molar-refractivity contribution in [3.05, 3.63) is 16.1 Å². The monoisotopic (exact) mass is 324 g/mol. The first-order valence-corrected chi connectivity index (χ1v) is 8.65. The molecule has 2 aliphatic rings. The van der Waals surface area contributed by atoms with Crippen LogP contribution in [0.15, 0.2) is 5.38 Å². The maximum atomic E-state index is 11.8. The number of aromatic nitrogens is 1. The van der Waals surface area contributed by atoms with Gasteiger partial charge in [0.1, 0.15) is 0 Å². The summed E-state index contributed by atoms with van der Waals surface area (Å²) >= 11 is 6.79. The highest BCUT2D eigenvalue weighted by Crippen LogP contribution is 2.44. The van der Waals surface area contributed by atoms with Crippen LogP contribution in [0.5, 0.6) is 0 Å². The lowest BCUT2D eigenvalue weighted by atomic mass is 9.96. The molecule has 1 aromatic rings. The van der Waals surface area contributed by atoms with Crippen molar-refractivity contribution >= 4 is 34.6 Å². The van der Waals surface area contributed by atoms with E-state index in [1.807, 2.05) is 12.3 Å². The summed E-state index contributed by atoms with van der Waals surface area (Å²) in [6.45, 7) is 1.93. The minimum Gasteiger partial charge on any atom is -0.358 e. The van der Waals surface area contributed by atoms with E-state index in [0.29, 0.717) is 11.2 Å². The van der Waals surface area contributed by atoms with E-state index in [1.165, 1.54) is 25.7 Å². The number of thiazole rings is 1. The Labute approximate surface area is 133 Å². The summed E-state index contributed by atoms with van der Waals surface area (Å²) in [4.78, 5) is 16.1. The molecule has 0 spiro atoms. The first kappa shape index (κ1) is 14.7. The third kappa shape index (κ3) is 3.71. The maximum Gasteiger partial charge on any atom is 0.244 e. The molecule has 3 atom stereocenters. The van der Waals surface area contributed by atoms with Crippen LogP contribution in [0, 0.1) is 18.8 Å². The summed E-state index contributed by atoms with van der Waals surface area (Å²) in [6, 6.07) is 0.474. The molecule has 3 N–H and O–H groups in total. The number of hydrogen-bond donors (Lipinski definition) is 3. The highest BCUT2D eigenvalue weighted by atomic mass is 32.1. The van der Waals surface area contributed by atoms with Crippen molar-refractivity contribution in [1.82, 2.24) is 21.2 Å². The average Bonchev–Trinajstić information content (AvgIpc) is 3.14. The van der Waals surface area contributed by atoms with Gasteiger partial charge >= 0.3 is 0 Å². The molecule has 1 amide bonds. The van der Waals surface area contributed by atoms with Crippen molar-refractivity contribution in [3.8, 4) is 0 Å². The van der Waals surface area contributed by atoms with Gasteiger partial charge in [-0.05, 0) is 50.2 Å². The van der Waals surface area contributed by atoms with Crippen LogP contribution in [-0.2, 0) is 11.2 Å². The van der Waals surface area contributed by atoms with E-state index in [4.69, 9.17) is 12.2 Å². The molecular formula is C14H20N4OS2. The largest absolute Gasteiger partial charge is 0.358 e. The predicted octanol–water partition coefficient (Wildman–Crippen LogP) is 1.68. The van der Waals surface area contributed by atoms with Crippen LogP contribution < -0.4 is 16.2 Å². The van der Waals surface area contributed by atoms with E-state index in [-0.39, 0.29) is 12.3 Å². The number of nitrogens with one attached hydrogen (secondary N) is 3. The van der Waals surface area contributed by atoms with E-state index < -0.39 is 0 Å². The number of carbonyl (C=O) groups excluding carboxylic acids is 1. The van der Waals surface area contributed by atoms with E-state index in [0.717, 1.165) is 22.5 Å². The molecule has 2 aliphatic carbocycles. The number of hydrogen-bond acceptors (Lipinski definition) is 4. The molecule has 2 fully saturated rings. The van der Waals surface area contributed by atoms with Crippen molar-refractivity contribution in [1.29, 1.82) is 0 Å². The quantitative estimate of drug-likeness (QED) is 0.583. The number of fused-ring (bicyclic) bond motifs is 2. The van der Waals surface area contributed by atoms with Crippen LogP contribution in [0.25, 0.3) is 0 Å². The van der Waals surface area contributed by atoms with Gasteiger partial charge in [0.2, 0.25) is 5.91 Å². The van der Waals surface area contributed by atoms with Crippen LogP contribution in [0.4, 0.5) is 0 Å². The predicted molar refractivity (Wildman–Crippen MR) is 86.8 cm³/mol. The zero-order valence-electron chi connectivity index (χ0n) is 12.0. The third-order valence-corrected chi connectivity index (χ3v) is 5.42. The van der Waals surface area contributed by atoms with Crippen molar-refractivity contribution in [2.45, 2.75) is 45.1 Å². The van der Waals surface area contributed by atoms with Crippen LogP contribution in [0.2, 0.25) is 0 Å². The molecule has 0 radical (unpaired) electrons. The molecular weight excluding hydrogens is 304 g/mol. The Hall–Kier alpha value is -1.21. The van der Waals surface area contributed by atoms with Gasteiger partial charge in [-0.1, -0.05) is 6.42 Å². The summed E-state index contributed by atoms with van der Waals surface area (Å²) in [6.07, 6.45) is 5.48. The molecule has 3 rings (SSSR count). The Kier molecular flexibility index (Phi) is 4.40. The van der Waals surface area contributed by atoms with Gasteiger partial charge in [0.05, 0.1) is 17.1 Å². The minimum absolute atomic E-state index is 0.127. The van der Waals surface area contributed by atoms with Gasteiger partial charge in [0, 0.05) is 11.4 Å². The molecule has 21 heavy (non-hydrogen) atoms. The molecule has 2 bridgehead atoms. The Bertz CT molecular complexity index is 545. The lowest BCUT2D eigenvalue weighted by molar-refractivity contribution is -0.121. The number of thiocarbonyl (C=S) groups is 1. The molecule has 0 saturated heterocycles. The summed E-state index contributed by atoms with van der Waals surface area (Å²) in [5.41, 5.74) is 6.22. The highest BCUT2D eigenvalue weighted by molar-refractivity contribution is 7.80. The first-order chi connectivity index (χ1) is 10.1. The van der Waals surface area contributed by atoms with Gasteiger partial charge in [0.25, 0.3) is 0 Å². The molecule has 2 saturated carbocycles. The normalized spacial score (nSPS) is 26.6. The van der Waals surface area contributed by atoms with E-state index >= 15 is 0 Å². The zero-order valence-corrected chi connectivity index (χ0v) is 13.6. The molecule has 0 aromatic carbocycles. The Morgan fingerprint density at radius 3 is 2.90 bits per heavy atom. The number of aryl methyl sites for hydroxylation is 1. The summed E-state index contributed by atoms with van der Waals surface area (Å²) in [5, 5.41) is 6.71. The number of hydrazine groups is 1. The third-order valence-electron chi connectivity index (χ3n) is 4.38. The van der Waals surface area contributed by atoms with Gasteiger partial charge in [-0.15, -0.1) is 11.3 Å². The van der Waals surface area contributed by atoms with Crippen LogP contribution >= 0.6 is 23.6 Å². The zero-order chi connectivity index (χ0) is 14.8. The van der Waals surface area contributed by atoms with Crippen molar-refractivity contribution in [3.63, 3.8) is 0 Å². The smallest absolute Gasteiger partial charge is 0.244 e. The molecule has 0 unspecified atom stereocenters. The van der Waals surface area contributed by atoms with Crippen LogP contribution in [0.3, 0.4) is 0 Å². The molecule has 5 nitrogen and oxygen atoms in total. The van der Waals surface area contributed by atoms with Gasteiger partial charge in [0.15, 0.2) is 5.11 Å². The van der Waals surface area contributed by atoms with E-state index in [2.05, 4.69) is 21.2 Å². The molecule has 1 aromatic heterocycles. The molecule has 7 heteroatoms. The molecule has 0 aliphatic heterocycles. The standard InChI is InChI=1S/C14H20N4OS2/c1-8-15-11(7-21-8)6-13(19)17-18-14(20)16-12-5-9-2-3-10(12)4-9/h7,9-10,12H,2-6H2,1H3,(H,17,19)(H2,16,18,20)/t9-,10-,12-/m1/s1. The fourth-order valence-electron chi connectivity index (χ4n) is 3.45. The number of rotatable bonds is 3. The second kappa shape index (κ2) is 6.27. The number of nitrogens with zero attached hydrogens (tertiary/aromatic N) is 1. The molecule has 114 valence electrons.